The van der Waals surface area contributed by atoms with Crippen molar-refractivity contribution >= 4 is 46.2 Å². The number of rotatable bonds is 11. The topological polar surface area (TPSA) is 141 Å². The molecule has 1 fully saturated rings. The number of fused-ring (bicyclic) bond motifs is 1. The lowest BCUT2D eigenvalue weighted by Gasteiger charge is -2.44. The van der Waals surface area contributed by atoms with Crippen molar-refractivity contribution in [3.05, 3.63) is 77.2 Å². The molecule has 1 saturated heterocycles. The third-order valence-corrected chi connectivity index (χ3v) is 11.9. The van der Waals surface area contributed by atoms with Crippen LogP contribution in [0.1, 0.15) is 73.9 Å². The van der Waals surface area contributed by atoms with Gasteiger partial charge in [-0.1, -0.05) is 24.3 Å². The van der Waals surface area contributed by atoms with E-state index in [1.807, 2.05) is 39.8 Å². The summed E-state index contributed by atoms with van der Waals surface area (Å²) in [4.78, 5) is 34.4. The SMILES string of the molecule is CCOC(=O)c1nc(Sc2ccnc(Nc3ccc(OC)cc3OC)n2)c(C)nc1N1CCC2(CC1)Cc1ccccc1[C@H]2N[S@@](=O)C(C)(C)C. The van der Waals surface area contributed by atoms with Crippen LogP contribution in [0, 0.1) is 12.3 Å². The van der Waals surface area contributed by atoms with Crippen LogP contribution in [-0.4, -0.2) is 68.8 Å². The van der Waals surface area contributed by atoms with Crippen molar-refractivity contribution in [3.8, 4) is 11.5 Å². The Labute approximate surface area is 306 Å². The number of carbonyl (C=O) groups excluding carboxylic acids is 1. The fourth-order valence-electron chi connectivity index (χ4n) is 6.62. The van der Waals surface area contributed by atoms with Gasteiger partial charge >= 0.3 is 5.97 Å². The van der Waals surface area contributed by atoms with Crippen molar-refractivity contribution in [1.82, 2.24) is 24.7 Å². The van der Waals surface area contributed by atoms with Gasteiger partial charge in [-0.3, -0.25) is 0 Å². The number of aryl methyl sites for hydroxylation is 1. The highest BCUT2D eigenvalue weighted by Gasteiger charge is 2.49. The smallest absolute Gasteiger partial charge is 0.360 e. The number of anilines is 3. The third-order valence-electron chi connectivity index (χ3n) is 9.32. The van der Waals surface area contributed by atoms with E-state index < -0.39 is 21.7 Å². The molecule has 51 heavy (non-hydrogen) atoms. The molecule has 0 unspecified atom stereocenters. The molecule has 0 bridgehead atoms. The zero-order valence-corrected chi connectivity index (χ0v) is 31.7. The fraction of sp³-hybridized carbons (Fsp3) is 0.432. The van der Waals surface area contributed by atoms with Crippen LogP contribution in [0.2, 0.25) is 0 Å². The maximum absolute atomic E-state index is 13.4. The Bertz CT molecular complexity index is 1930. The number of nitrogens with zero attached hydrogens (tertiary/aromatic N) is 5. The van der Waals surface area contributed by atoms with Gasteiger partial charge in [0.25, 0.3) is 0 Å². The number of benzene rings is 2. The van der Waals surface area contributed by atoms with E-state index in [0.717, 1.165) is 19.3 Å². The summed E-state index contributed by atoms with van der Waals surface area (Å²) in [6.45, 7) is 11.2. The van der Waals surface area contributed by atoms with Gasteiger partial charge in [0, 0.05) is 25.4 Å². The van der Waals surface area contributed by atoms with Gasteiger partial charge in [-0.15, -0.1) is 0 Å². The van der Waals surface area contributed by atoms with Gasteiger partial charge < -0.3 is 24.4 Å². The highest BCUT2D eigenvalue weighted by Crippen LogP contribution is 2.53. The molecule has 2 aliphatic rings. The average molecular weight is 732 g/mol. The second-order valence-corrected chi connectivity index (χ2v) is 16.7. The van der Waals surface area contributed by atoms with Crippen LogP contribution in [0.3, 0.4) is 0 Å². The predicted octanol–water partition coefficient (Wildman–Crippen LogP) is 6.60. The maximum Gasteiger partial charge on any atom is 0.360 e. The fourth-order valence-corrected chi connectivity index (χ4v) is 8.35. The van der Waals surface area contributed by atoms with Gasteiger partial charge in [0.05, 0.1) is 54.0 Å². The molecular weight excluding hydrogens is 687 g/mol. The van der Waals surface area contributed by atoms with E-state index in [1.165, 1.54) is 22.9 Å². The lowest BCUT2D eigenvalue weighted by Crippen LogP contribution is -2.48. The molecule has 3 heterocycles. The van der Waals surface area contributed by atoms with Crippen LogP contribution in [0.25, 0.3) is 0 Å². The highest BCUT2D eigenvalue weighted by molar-refractivity contribution is 7.99. The second kappa shape index (κ2) is 15.1. The van der Waals surface area contributed by atoms with E-state index in [9.17, 15) is 9.00 Å². The molecule has 6 rings (SSSR count). The summed E-state index contributed by atoms with van der Waals surface area (Å²) in [5.41, 5.74) is 3.93. The van der Waals surface area contributed by atoms with E-state index in [2.05, 4.69) is 49.2 Å². The molecule has 2 aromatic carbocycles. The third kappa shape index (κ3) is 7.82. The van der Waals surface area contributed by atoms with Gasteiger partial charge in [-0.2, -0.15) is 0 Å². The molecule has 2 aromatic heterocycles. The quantitative estimate of drug-likeness (QED) is 0.127. The lowest BCUT2D eigenvalue weighted by atomic mass is 9.73. The summed E-state index contributed by atoms with van der Waals surface area (Å²) in [6, 6.07) is 15.6. The summed E-state index contributed by atoms with van der Waals surface area (Å²) in [6.07, 6.45) is 4.22. The number of aromatic nitrogens is 4. The standard InChI is InChI=1S/C37H45N7O5S2/c1-8-49-34(45)30-32(44-19-16-37(17-20-44)22-24-11-9-10-12-26(24)31(37)43-51(46)36(3,4)5)39-23(2)33(42-30)50-29-15-18-38-35(41-29)40-27-14-13-25(47-6)21-28(27)48-7/h9-15,18,21,31,43H,8,16-17,19-20,22H2,1-7H3,(H,38,40,41)/t31-,51+/m1/s1. The summed E-state index contributed by atoms with van der Waals surface area (Å²) >= 11 is 1.30. The zero-order chi connectivity index (χ0) is 36.3. The van der Waals surface area contributed by atoms with Crippen LogP contribution in [0.15, 0.2) is 64.8 Å². The Balaban J connectivity index is 1.24. The molecule has 12 nitrogen and oxygen atoms in total. The summed E-state index contributed by atoms with van der Waals surface area (Å²) in [7, 11) is 1.95. The van der Waals surface area contributed by atoms with Crippen LogP contribution in [-0.2, 0) is 22.1 Å². The molecule has 1 spiro atoms. The molecule has 2 atom stereocenters. The van der Waals surface area contributed by atoms with Crippen LogP contribution >= 0.6 is 11.8 Å². The number of nitrogens with one attached hydrogen (secondary N) is 2. The van der Waals surface area contributed by atoms with Gasteiger partial charge in [0.2, 0.25) is 5.95 Å². The lowest BCUT2D eigenvalue weighted by molar-refractivity contribution is 0.0518. The monoisotopic (exact) mass is 731 g/mol. The summed E-state index contributed by atoms with van der Waals surface area (Å²) in [5.74, 6) is 1.61. The van der Waals surface area contributed by atoms with Crippen molar-refractivity contribution in [2.24, 2.45) is 5.41 Å². The molecule has 1 aliphatic carbocycles. The highest BCUT2D eigenvalue weighted by atomic mass is 32.2. The molecule has 270 valence electrons. The van der Waals surface area contributed by atoms with E-state index in [1.54, 1.807) is 39.5 Å². The largest absolute Gasteiger partial charge is 0.497 e. The molecule has 1 aliphatic heterocycles. The van der Waals surface area contributed by atoms with Crippen molar-refractivity contribution < 1.29 is 23.2 Å². The van der Waals surface area contributed by atoms with Crippen molar-refractivity contribution in [2.45, 2.75) is 74.7 Å². The van der Waals surface area contributed by atoms with Gasteiger partial charge in [-0.05, 0) is 100 Å². The maximum atomic E-state index is 13.4. The molecule has 0 radical (unpaired) electrons. The average Bonchev–Trinajstić information content (AvgIpc) is 3.41. The number of methoxy groups -OCH3 is 2. The first-order valence-corrected chi connectivity index (χ1v) is 19.0. The Morgan fingerprint density at radius 1 is 1.06 bits per heavy atom. The second-order valence-electron chi connectivity index (χ2n) is 13.7. The van der Waals surface area contributed by atoms with E-state index in [0.29, 0.717) is 57.8 Å². The van der Waals surface area contributed by atoms with E-state index >= 15 is 0 Å². The van der Waals surface area contributed by atoms with E-state index in [-0.39, 0.29) is 23.8 Å². The predicted molar refractivity (Wildman–Crippen MR) is 200 cm³/mol. The van der Waals surface area contributed by atoms with Crippen molar-refractivity contribution in [2.75, 3.05) is 44.1 Å². The normalized spacial score (nSPS) is 17.2. The molecular formula is C37H45N7O5S2. The van der Waals surface area contributed by atoms with Gasteiger partial charge in [-0.25, -0.2) is 33.7 Å². The van der Waals surface area contributed by atoms with Crippen molar-refractivity contribution in [1.29, 1.82) is 0 Å². The van der Waals surface area contributed by atoms with E-state index in [4.69, 9.17) is 24.2 Å². The number of hydrogen-bond donors (Lipinski definition) is 2. The Hall–Kier alpha value is -4.27. The van der Waals surface area contributed by atoms with Gasteiger partial charge in [0.1, 0.15) is 21.6 Å². The summed E-state index contributed by atoms with van der Waals surface area (Å²) < 4.78 is 32.8. The number of piperidine rings is 1. The minimum absolute atomic E-state index is 0.0370. The Morgan fingerprint density at radius 2 is 1.82 bits per heavy atom. The number of carbonyl (C=O) groups is 1. The number of esters is 1. The molecule has 14 heteroatoms. The number of ether oxygens (including phenoxy) is 3. The zero-order valence-electron chi connectivity index (χ0n) is 30.1. The summed E-state index contributed by atoms with van der Waals surface area (Å²) in [5, 5.41) is 4.37. The van der Waals surface area contributed by atoms with Crippen LogP contribution < -0.4 is 24.4 Å². The van der Waals surface area contributed by atoms with Crippen LogP contribution in [0.4, 0.5) is 17.5 Å². The molecule has 2 N–H and O–H groups in total. The number of hydrogen-bond acceptors (Lipinski definition) is 12. The first kappa shape index (κ1) is 36.5. The van der Waals surface area contributed by atoms with Crippen LogP contribution in [0.5, 0.6) is 11.5 Å². The first-order chi connectivity index (χ1) is 24.4. The van der Waals surface area contributed by atoms with Crippen molar-refractivity contribution in [3.63, 3.8) is 0 Å². The molecule has 0 saturated carbocycles. The molecule has 4 aromatic rings. The Morgan fingerprint density at radius 3 is 2.53 bits per heavy atom. The minimum atomic E-state index is -1.23. The van der Waals surface area contributed by atoms with Gasteiger partial charge in [0.15, 0.2) is 11.5 Å². The molecule has 0 amide bonds. The first-order valence-electron chi connectivity index (χ1n) is 17.0. The minimum Gasteiger partial charge on any atom is -0.497 e. The Kier molecular flexibility index (Phi) is 10.8.